The van der Waals surface area contributed by atoms with Gasteiger partial charge in [0.1, 0.15) is 18.1 Å². The topological polar surface area (TPSA) is 41.5 Å². The third-order valence-electron chi connectivity index (χ3n) is 2.88. The van der Waals surface area contributed by atoms with Crippen LogP contribution in [0.25, 0.3) is 0 Å². The standard InChI is InChI=1S/C13H13NO2S/c15-9-3-4-11-12(8-16-13(11)6-9)14-7-10-2-1-5-17-10/h1-6,12,14-15H,7-8H2. The Morgan fingerprint density at radius 3 is 3.18 bits per heavy atom. The predicted molar refractivity (Wildman–Crippen MR) is 67.5 cm³/mol. The summed E-state index contributed by atoms with van der Waals surface area (Å²) in [5, 5.41) is 14.9. The quantitative estimate of drug-likeness (QED) is 0.876. The van der Waals surface area contributed by atoms with Crippen LogP contribution in [0.2, 0.25) is 0 Å². The third-order valence-corrected chi connectivity index (χ3v) is 3.76. The van der Waals surface area contributed by atoms with Crippen LogP contribution in [0.4, 0.5) is 0 Å². The fourth-order valence-electron chi connectivity index (χ4n) is 2.00. The molecule has 1 aliphatic rings. The Kier molecular flexibility index (Phi) is 2.74. The van der Waals surface area contributed by atoms with E-state index >= 15 is 0 Å². The molecule has 2 heterocycles. The van der Waals surface area contributed by atoms with Gasteiger partial charge in [0.2, 0.25) is 0 Å². The lowest BCUT2D eigenvalue weighted by atomic mass is 10.1. The van der Waals surface area contributed by atoms with Gasteiger partial charge < -0.3 is 15.2 Å². The summed E-state index contributed by atoms with van der Waals surface area (Å²) >= 11 is 1.75. The molecular formula is C13H13NO2S. The molecule has 1 aliphatic heterocycles. The normalized spacial score (nSPS) is 17.8. The lowest BCUT2D eigenvalue weighted by Gasteiger charge is -2.10. The molecular weight excluding hydrogens is 234 g/mol. The molecule has 0 amide bonds. The van der Waals surface area contributed by atoms with Crippen molar-refractivity contribution in [2.45, 2.75) is 12.6 Å². The van der Waals surface area contributed by atoms with Gasteiger partial charge in [0.05, 0.1) is 6.04 Å². The monoisotopic (exact) mass is 247 g/mol. The van der Waals surface area contributed by atoms with Crippen molar-refractivity contribution in [3.63, 3.8) is 0 Å². The zero-order valence-corrected chi connectivity index (χ0v) is 10.0. The molecule has 1 aromatic heterocycles. The number of hydrogen-bond acceptors (Lipinski definition) is 4. The molecule has 4 heteroatoms. The van der Waals surface area contributed by atoms with Crippen molar-refractivity contribution < 1.29 is 9.84 Å². The number of nitrogens with one attached hydrogen (secondary N) is 1. The maximum atomic E-state index is 9.36. The first-order chi connectivity index (χ1) is 8.33. The van der Waals surface area contributed by atoms with E-state index in [1.807, 2.05) is 6.07 Å². The number of phenols is 1. The molecule has 0 spiro atoms. The zero-order chi connectivity index (χ0) is 11.7. The molecule has 17 heavy (non-hydrogen) atoms. The Hall–Kier alpha value is -1.52. The van der Waals surface area contributed by atoms with E-state index in [1.54, 1.807) is 23.5 Å². The molecule has 2 aromatic rings. The summed E-state index contributed by atoms with van der Waals surface area (Å²) < 4.78 is 5.54. The minimum Gasteiger partial charge on any atom is -0.508 e. The van der Waals surface area contributed by atoms with Gasteiger partial charge in [-0.15, -0.1) is 11.3 Å². The maximum Gasteiger partial charge on any atom is 0.127 e. The smallest absolute Gasteiger partial charge is 0.127 e. The number of phenolic OH excluding ortho intramolecular Hbond substituents is 1. The van der Waals surface area contributed by atoms with Crippen LogP contribution in [0.15, 0.2) is 35.7 Å². The Balaban J connectivity index is 1.71. The molecule has 3 nitrogen and oxygen atoms in total. The van der Waals surface area contributed by atoms with Crippen molar-refractivity contribution >= 4 is 11.3 Å². The van der Waals surface area contributed by atoms with E-state index in [2.05, 4.69) is 22.8 Å². The summed E-state index contributed by atoms with van der Waals surface area (Å²) in [5.41, 5.74) is 1.12. The first-order valence-electron chi connectivity index (χ1n) is 5.54. The number of benzene rings is 1. The first kappa shape index (κ1) is 10.6. The number of thiophene rings is 1. The first-order valence-corrected chi connectivity index (χ1v) is 6.42. The van der Waals surface area contributed by atoms with Gasteiger partial charge >= 0.3 is 0 Å². The van der Waals surface area contributed by atoms with E-state index in [0.717, 1.165) is 17.9 Å². The summed E-state index contributed by atoms with van der Waals surface area (Å²) in [6.07, 6.45) is 0. The molecule has 88 valence electrons. The largest absolute Gasteiger partial charge is 0.508 e. The summed E-state index contributed by atoms with van der Waals surface area (Å²) in [7, 11) is 0. The lowest BCUT2D eigenvalue weighted by Crippen LogP contribution is -2.21. The van der Waals surface area contributed by atoms with Crippen LogP contribution in [-0.4, -0.2) is 11.7 Å². The highest BCUT2D eigenvalue weighted by Crippen LogP contribution is 2.34. The molecule has 3 rings (SSSR count). The summed E-state index contributed by atoms with van der Waals surface area (Å²) in [4.78, 5) is 1.32. The predicted octanol–water partition coefficient (Wildman–Crippen LogP) is 2.68. The van der Waals surface area contributed by atoms with Gasteiger partial charge in [0.25, 0.3) is 0 Å². The second-order valence-electron chi connectivity index (χ2n) is 4.05. The summed E-state index contributed by atoms with van der Waals surface area (Å²) in [6.45, 7) is 1.48. The Bertz CT molecular complexity index is 510. The molecule has 0 fully saturated rings. The van der Waals surface area contributed by atoms with Crippen LogP contribution >= 0.6 is 11.3 Å². The highest BCUT2D eigenvalue weighted by atomic mass is 32.1. The second kappa shape index (κ2) is 4.39. The average Bonchev–Trinajstić information content (AvgIpc) is 2.94. The van der Waals surface area contributed by atoms with E-state index in [0.29, 0.717) is 6.61 Å². The number of rotatable bonds is 3. The number of hydrogen-bond donors (Lipinski definition) is 2. The van der Waals surface area contributed by atoms with Gasteiger partial charge in [-0.2, -0.15) is 0 Å². The number of ether oxygens (including phenoxy) is 1. The molecule has 1 aromatic carbocycles. The van der Waals surface area contributed by atoms with Crippen LogP contribution in [0, 0.1) is 0 Å². The Morgan fingerprint density at radius 1 is 1.41 bits per heavy atom. The average molecular weight is 247 g/mol. The molecule has 0 aliphatic carbocycles. The van der Waals surface area contributed by atoms with Crippen LogP contribution in [0.3, 0.4) is 0 Å². The Morgan fingerprint density at radius 2 is 2.35 bits per heavy atom. The Labute approximate surface area is 104 Å². The van der Waals surface area contributed by atoms with Crippen molar-refractivity contribution in [3.05, 3.63) is 46.2 Å². The van der Waals surface area contributed by atoms with Crippen molar-refractivity contribution in [2.24, 2.45) is 0 Å². The fraction of sp³-hybridized carbons (Fsp3) is 0.231. The van der Waals surface area contributed by atoms with Crippen LogP contribution in [0.1, 0.15) is 16.5 Å². The van der Waals surface area contributed by atoms with E-state index in [-0.39, 0.29) is 11.8 Å². The minimum absolute atomic E-state index is 0.215. The van der Waals surface area contributed by atoms with Gasteiger partial charge in [-0.05, 0) is 23.6 Å². The molecule has 0 saturated heterocycles. The van der Waals surface area contributed by atoms with Crippen molar-refractivity contribution in [1.29, 1.82) is 0 Å². The molecule has 1 unspecified atom stereocenters. The van der Waals surface area contributed by atoms with E-state index in [4.69, 9.17) is 4.74 Å². The molecule has 2 N–H and O–H groups in total. The van der Waals surface area contributed by atoms with Gasteiger partial charge in [-0.25, -0.2) is 0 Å². The van der Waals surface area contributed by atoms with Gasteiger partial charge in [0, 0.05) is 23.1 Å². The number of fused-ring (bicyclic) bond motifs is 1. The fourth-order valence-corrected chi connectivity index (χ4v) is 2.66. The van der Waals surface area contributed by atoms with E-state index < -0.39 is 0 Å². The van der Waals surface area contributed by atoms with Crippen molar-refractivity contribution in [3.8, 4) is 11.5 Å². The van der Waals surface area contributed by atoms with Crippen molar-refractivity contribution in [1.82, 2.24) is 5.32 Å². The van der Waals surface area contributed by atoms with Crippen LogP contribution in [0.5, 0.6) is 11.5 Å². The molecule has 0 radical (unpaired) electrons. The highest BCUT2D eigenvalue weighted by Gasteiger charge is 2.23. The summed E-state index contributed by atoms with van der Waals surface area (Å²) in [5.74, 6) is 1.04. The van der Waals surface area contributed by atoms with Crippen molar-refractivity contribution in [2.75, 3.05) is 6.61 Å². The van der Waals surface area contributed by atoms with E-state index in [9.17, 15) is 5.11 Å². The molecule has 0 saturated carbocycles. The minimum atomic E-state index is 0.215. The van der Waals surface area contributed by atoms with Crippen LogP contribution in [-0.2, 0) is 6.54 Å². The number of aromatic hydroxyl groups is 1. The SMILES string of the molecule is Oc1ccc2c(c1)OCC2NCc1cccs1. The maximum absolute atomic E-state index is 9.36. The molecule has 0 bridgehead atoms. The second-order valence-corrected chi connectivity index (χ2v) is 5.08. The van der Waals surface area contributed by atoms with Gasteiger partial charge in [0.15, 0.2) is 0 Å². The van der Waals surface area contributed by atoms with Crippen LogP contribution < -0.4 is 10.1 Å². The lowest BCUT2D eigenvalue weighted by molar-refractivity contribution is 0.310. The zero-order valence-electron chi connectivity index (χ0n) is 9.22. The summed E-state index contributed by atoms with van der Waals surface area (Å²) in [6, 6.07) is 9.68. The third kappa shape index (κ3) is 2.14. The highest BCUT2D eigenvalue weighted by molar-refractivity contribution is 7.09. The van der Waals surface area contributed by atoms with Gasteiger partial charge in [-0.3, -0.25) is 0 Å². The van der Waals surface area contributed by atoms with E-state index in [1.165, 1.54) is 4.88 Å². The molecule has 1 atom stereocenters. The van der Waals surface area contributed by atoms with Gasteiger partial charge in [-0.1, -0.05) is 6.07 Å².